The van der Waals surface area contributed by atoms with Gasteiger partial charge in [0.15, 0.2) is 0 Å². The lowest BCUT2D eigenvalue weighted by atomic mass is 10.1. The summed E-state index contributed by atoms with van der Waals surface area (Å²) >= 11 is 0. The van der Waals surface area contributed by atoms with Gasteiger partial charge in [0.05, 0.1) is 0 Å². The fourth-order valence-corrected chi connectivity index (χ4v) is 2.62. The van der Waals surface area contributed by atoms with Crippen molar-refractivity contribution in [1.29, 1.82) is 0 Å². The van der Waals surface area contributed by atoms with Crippen LogP contribution in [0, 0.1) is 6.92 Å². The molecule has 0 heterocycles. The molecule has 0 atom stereocenters. The molecule has 0 aliphatic heterocycles. The highest BCUT2D eigenvalue weighted by Gasteiger charge is 2.13. The van der Waals surface area contributed by atoms with E-state index in [2.05, 4.69) is 12.2 Å². The third kappa shape index (κ3) is 5.45. The van der Waals surface area contributed by atoms with E-state index in [1.165, 1.54) is 0 Å². The molecule has 4 heteroatoms. The summed E-state index contributed by atoms with van der Waals surface area (Å²) in [7, 11) is 1.79. The van der Waals surface area contributed by atoms with Gasteiger partial charge in [0, 0.05) is 31.3 Å². The van der Waals surface area contributed by atoms with Crippen molar-refractivity contribution in [3.8, 4) is 0 Å². The van der Waals surface area contributed by atoms with Gasteiger partial charge in [-0.25, -0.2) is 0 Å². The molecule has 0 aliphatic rings. The zero-order chi connectivity index (χ0) is 18.2. The maximum absolute atomic E-state index is 12.4. The lowest BCUT2D eigenvalue weighted by Crippen LogP contribution is -2.28. The molecule has 0 bridgehead atoms. The standard InChI is InChI=1S/C21H26N2O2/c1-4-5-12-23(3)21(25)19-11-7-10-18(14-19)20(24)22-15-17-9-6-8-16(2)13-17/h6-11,13-14H,4-5,12,15H2,1-3H3,(H,22,24). The zero-order valence-corrected chi connectivity index (χ0v) is 15.2. The van der Waals surface area contributed by atoms with Gasteiger partial charge in [-0.2, -0.15) is 0 Å². The number of nitrogens with zero attached hydrogens (tertiary/aromatic N) is 1. The Hall–Kier alpha value is -2.62. The van der Waals surface area contributed by atoms with Gasteiger partial charge < -0.3 is 10.2 Å². The minimum atomic E-state index is -0.174. The van der Waals surface area contributed by atoms with Crippen molar-refractivity contribution in [2.24, 2.45) is 0 Å². The van der Waals surface area contributed by atoms with Crippen LogP contribution >= 0.6 is 0 Å². The van der Waals surface area contributed by atoms with E-state index in [0.29, 0.717) is 17.7 Å². The van der Waals surface area contributed by atoms with E-state index in [-0.39, 0.29) is 11.8 Å². The van der Waals surface area contributed by atoms with Crippen molar-refractivity contribution in [3.63, 3.8) is 0 Å². The fourth-order valence-electron chi connectivity index (χ4n) is 2.62. The van der Waals surface area contributed by atoms with Crippen molar-refractivity contribution < 1.29 is 9.59 Å². The average molecular weight is 338 g/mol. The van der Waals surface area contributed by atoms with Crippen LogP contribution in [0.4, 0.5) is 0 Å². The molecule has 1 N–H and O–H groups in total. The number of hydrogen-bond acceptors (Lipinski definition) is 2. The number of hydrogen-bond donors (Lipinski definition) is 1. The molecule has 2 aromatic carbocycles. The number of benzene rings is 2. The Morgan fingerprint density at radius 1 is 1.04 bits per heavy atom. The van der Waals surface area contributed by atoms with Crippen LogP contribution in [0.5, 0.6) is 0 Å². The average Bonchev–Trinajstić information content (AvgIpc) is 2.63. The van der Waals surface area contributed by atoms with Crippen LogP contribution in [-0.2, 0) is 6.54 Å². The number of carbonyl (C=O) groups is 2. The second-order valence-electron chi connectivity index (χ2n) is 6.33. The Balaban J connectivity index is 2.02. The van der Waals surface area contributed by atoms with Gasteiger partial charge in [0.2, 0.25) is 0 Å². The molecule has 2 rings (SSSR count). The molecular formula is C21H26N2O2. The van der Waals surface area contributed by atoms with E-state index >= 15 is 0 Å². The highest BCUT2D eigenvalue weighted by Crippen LogP contribution is 2.10. The summed E-state index contributed by atoms with van der Waals surface area (Å²) in [5.41, 5.74) is 3.26. The van der Waals surface area contributed by atoms with Gasteiger partial charge in [-0.3, -0.25) is 9.59 Å². The molecule has 0 fully saturated rings. The topological polar surface area (TPSA) is 49.4 Å². The number of unbranched alkanes of at least 4 members (excludes halogenated alkanes) is 1. The van der Waals surface area contributed by atoms with Gasteiger partial charge in [-0.05, 0) is 37.1 Å². The molecular weight excluding hydrogens is 312 g/mol. The first-order valence-corrected chi connectivity index (χ1v) is 8.70. The van der Waals surface area contributed by atoms with Gasteiger partial charge in [-0.15, -0.1) is 0 Å². The van der Waals surface area contributed by atoms with E-state index < -0.39 is 0 Å². The van der Waals surface area contributed by atoms with Crippen LogP contribution in [0.1, 0.15) is 51.6 Å². The molecule has 0 saturated heterocycles. The molecule has 2 amide bonds. The molecule has 0 radical (unpaired) electrons. The number of aryl methyl sites for hydroxylation is 1. The largest absolute Gasteiger partial charge is 0.348 e. The van der Waals surface area contributed by atoms with Crippen LogP contribution in [-0.4, -0.2) is 30.3 Å². The highest BCUT2D eigenvalue weighted by atomic mass is 16.2. The maximum atomic E-state index is 12.4. The Bertz CT molecular complexity index is 740. The Morgan fingerprint density at radius 3 is 2.48 bits per heavy atom. The SMILES string of the molecule is CCCCN(C)C(=O)c1cccc(C(=O)NCc2cccc(C)c2)c1. The minimum absolute atomic E-state index is 0.0539. The van der Waals surface area contributed by atoms with Crippen molar-refractivity contribution in [1.82, 2.24) is 10.2 Å². The number of carbonyl (C=O) groups excluding carboxylic acids is 2. The molecule has 4 nitrogen and oxygen atoms in total. The molecule has 0 spiro atoms. The summed E-state index contributed by atoms with van der Waals surface area (Å²) in [4.78, 5) is 26.5. The summed E-state index contributed by atoms with van der Waals surface area (Å²) in [6, 6.07) is 14.9. The predicted octanol–water partition coefficient (Wildman–Crippen LogP) is 3.80. The third-order valence-corrected chi connectivity index (χ3v) is 4.10. The summed E-state index contributed by atoms with van der Waals surface area (Å²) in [6.45, 7) is 5.31. The monoisotopic (exact) mass is 338 g/mol. The minimum Gasteiger partial charge on any atom is -0.348 e. The summed E-state index contributed by atoms with van der Waals surface area (Å²) in [6.07, 6.45) is 2.01. The Labute approximate surface area is 149 Å². The first-order chi connectivity index (χ1) is 12.0. The van der Waals surface area contributed by atoms with Crippen LogP contribution in [0.3, 0.4) is 0 Å². The van der Waals surface area contributed by atoms with E-state index in [1.807, 2.05) is 31.2 Å². The molecule has 0 saturated carbocycles. The normalized spacial score (nSPS) is 10.4. The highest BCUT2D eigenvalue weighted by molar-refractivity contribution is 5.99. The lowest BCUT2D eigenvalue weighted by Gasteiger charge is -2.17. The second kappa shape index (κ2) is 9.02. The lowest BCUT2D eigenvalue weighted by molar-refractivity contribution is 0.0793. The van der Waals surface area contributed by atoms with Crippen molar-refractivity contribution in [2.45, 2.75) is 33.2 Å². The van der Waals surface area contributed by atoms with Crippen molar-refractivity contribution in [2.75, 3.05) is 13.6 Å². The molecule has 132 valence electrons. The fraction of sp³-hybridized carbons (Fsp3) is 0.333. The molecule has 0 aliphatic carbocycles. The number of rotatable bonds is 7. The van der Waals surface area contributed by atoms with E-state index in [4.69, 9.17) is 0 Å². The van der Waals surface area contributed by atoms with Gasteiger partial charge in [0.1, 0.15) is 0 Å². The van der Waals surface area contributed by atoms with E-state index in [1.54, 1.807) is 36.2 Å². The Kier molecular flexibility index (Phi) is 6.75. The second-order valence-corrected chi connectivity index (χ2v) is 6.33. The quantitative estimate of drug-likeness (QED) is 0.835. The number of amides is 2. The van der Waals surface area contributed by atoms with E-state index in [0.717, 1.165) is 30.5 Å². The Morgan fingerprint density at radius 2 is 1.76 bits per heavy atom. The smallest absolute Gasteiger partial charge is 0.253 e. The van der Waals surface area contributed by atoms with Gasteiger partial charge >= 0.3 is 0 Å². The van der Waals surface area contributed by atoms with Crippen LogP contribution in [0.2, 0.25) is 0 Å². The van der Waals surface area contributed by atoms with Crippen LogP contribution < -0.4 is 5.32 Å². The first kappa shape index (κ1) is 18.7. The molecule has 0 aromatic heterocycles. The van der Waals surface area contributed by atoms with Gasteiger partial charge in [-0.1, -0.05) is 49.2 Å². The zero-order valence-electron chi connectivity index (χ0n) is 15.2. The summed E-state index contributed by atoms with van der Waals surface area (Å²) < 4.78 is 0. The van der Waals surface area contributed by atoms with Gasteiger partial charge in [0.25, 0.3) is 11.8 Å². The molecule has 25 heavy (non-hydrogen) atoms. The molecule has 2 aromatic rings. The number of nitrogens with one attached hydrogen (secondary N) is 1. The van der Waals surface area contributed by atoms with Crippen molar-refractivity contribution >= 4 is 11.8 Å². The van der Waals surface area contributed by atoms with Crippen LogP contribution in [0.15, 0.2) is 48.5 Å². The molecule has 0 unspecified atom stereocenters. The maximum Gasteiger partial charge on any atom is 0.253 e. The summed E-state index contributed by atoms with van der Waals surface area (Å²) in [5.74, 6) is -0.228. The van der Waals surface area contributed by atoms with Crippen molar-refractivity contribution in [3.05, 3.63) is 70.8 Å². The predicted molar refractivity (Wildman–Crippen MR) is 101 cm³/mol. The first-order valence-electron chi connectivity index (χ1n) is 8.70. The third-order valence-electron chi connectivity index (χ3n) is 4.10. The van der Waals surface area contributed by atoms with Crippen LogP contribution in [0.25, 0.3) is 0 Å². The summed E-state index contributed by atoms with van der Waals surface area (Å²) in [5, 5.41) is 2.91. The van der Waals surface area contributed by atoms with E-state index in [9.17, 15) is 9.59 Å².